The molecular formula is C7H6N2O. The lowest BCUT2D eigenvalue weighted by Gasteiger charge is -1.90. The molecule has 3 nitrogen and oxygen atoms in total. The van der Waals surface area contributed by atoms with Gasteiger partial charge in [-0.2, -0.15) is 0 Å². The quantitative estimate of drug-likeness (QED) is 0.591. The fourth-order valence-corrected chi connectivity index (χ4v) is 0.824. The molecule has 10 heavy (non-hydrogen) atoms. The van der Waals surface area contributed by atoms with Crippen molar-refractivity contribution in [2.24, 2.45) is 0 Å². The fourth-order valence-electron chi connectivity index (χ4n) is 0.824. The average Bonchev–Trinajstić information content (AvgIpc) is 2.59. The molecule has 0 radical (unpaired) electrons. The van der Waals surface area contributed by atoms with E-state index < -0.39 is 0 Å². The van der Waals surface area contributed by atoms with Gasteiger partial charge >= 0.3 is 0 Å². The van der Waals surface area contributed by atoms with E-state index in [2.05, 4.69) is 5.16 Å². The zero-order valence-electron chi connectivity index (χ0n) is 5.27. The van der Waals surface area contributed by atoms with Crippen LogP contribution < -0.4 is 0 Å². The van der Waals surface area contributed by atoms with Crippen molar-refractivity contribution in [1.29, 1.82) is 0 Å². The van der Waals surface area contributed by atoms with Crippen molar-refractivity contribution < 1.29 is 4.52 Å². The number of nitrogens with zero attached hydrogens (tertiary/aromatic N) is 2. The molecule has 0 saturated carbocycles. The van der Waals surface area contributed by atoms with Crippen molar-refractivity contribution in [1.82, 2.24) is 9.72 Å². The lowest BCUT2D eigenvalue weighted by molar-refractivity contribution is 0.406. The van der Waals surface area contributed by atoms with Crippen LogP contribution in [0.5, 0.6) is 0 Å². The molecule has 0 aliphatic heterocycles. The highest BCUT2D eigenvalue weighted by atomic mass is 16.5. The molecule has 2 aromatic rings. The normalized spacial score (nSPS) is 10.0. The second-order valence-electron chi connectivity index (χ2n) is 1.94. The Kier molecular flexibility index (Phi) is 1.07. The predicted molar refractivity (Wildman–Crippen MR) is 35.8 cm³/mol. The van der Waals surface area contributed by atoms with Gasteiger partial charge in [-0.25, -0.2) is 0 Å². The maximum atomic E-state index is 4.89. The standard InChI is InChI=1S/C7H6N2O/c1-2-6-9(5-1)7-3-4-8-10-7/h1-6H. The molecule has 2 rings (SSSR count). The van der Waals surface area contributed by atoms with E-state index in [1.807, 2.05) is 29.1 Å². The Morgan fingerprint density at radius 2 is 2.10 bits per heavy atom. The van der Waals surface area contributed by atoms with Crippen LogP contribution in [0, 0.1) is 0 Å². The van der Waals surface area contributed by atoms with E-state index in [1.165, 1.54) is 0 Å². The Morgan fingerprint density at radius 3 is 2.70 bits per heavy atom. The van der Waals surface area contributed by atoms with Gasteiger partial charge < -0.3 is 4.52 Å². The molecule has 0 fully saturated rings. The van der Waals surface area contributed by atoms with E-state index in [1.54, 1.807) is 12.3 Å². The SMILES string of the molecule is c1ccn(-c2ccno2)c1. The fraction of sp³-hybridized carbons (Fsp3) is 0. The third-order valence-electron chi connectivity index (χ3n) is 1.28. The van der Waals surface area contributed by atoms with Crippen LogP contribution in [0.15, 0.2) is 41.3 Å². The van der Waals surface area contributed by atoms with E-state index >= 15 is 0 Å². The van der Waals surface area contributed by atoms with Crippen LogP contribution in [0.3, 0.4) is 0 Å². The highest BCUT2D eigenvalue weighted by molar-refractivity contribution is 5.16. The second kappa shape index (κ2) is 2.02. The number of rotatable bonds is 1. The first-order valence-corrected chi connectivity index (χ1v) is 3.01. The van der Waals surface area contributed by atoms with Crippen LogP contribution in [0.4, 0.5) is 0 Å². The van der Waals surface area contributed by atoms with Gasteiger partial charge in [0.1, 0.15) is 0 Å². The average molecular weight is 134 g/mol. The van der Waals surface area contributed by atoms with Gasteiger partial charge in [0.05, 0.1) is 6.20 Å². The van der Waals surface area contributed by atoms with Gasteiger partial charge in [-0.3, -0.25) is 4.57 Å². The van der Waals surface area contributed by atoms with E-state index in [4.69, 9.17) is 4.52 Å². The maximum absolute atomic E-state index is 4.89. The van der Waals surface area contributed by atoms with Gasteiger partial charge in [0, 0.05) is 18.5 Å². The highest BCUT2D eigenvalue weighted by Gasteiger charge is 1.94. The number of aromatic nitrogens is 2. The van der Waals surface area contributed by atoms with E-state index in [9.17, 15) is 0 Å². The van der Waals surface area contributed by atoms with Gasteiger partial charge in [0.15, 0.2) is 0 Å². The van der Waals surface area contributed by atoms with Crippen LogP contribution in [-0.2, 0) is 0 Å². The zero-order chi connectivity index (χ0) is 6.81. The van der Waals surface area contributed by atoms with Gasteiger partial charge in [0.2, 0.25) is 5.88 Å². The largest absolute Gasteiger partial charge is 0.338 e. The van der Waals surface area contributed by atoms with Gasteiger partial charge in [0.25, 0.3) is 0 Å². The van der Waals surface area contributed by atoms with Crippen molar-refractivity contribution >= 4 is 0 Å². The summed E-state index contributed by atoms with van der Waals surface area (Å²) in [5.41, 5.74) is 0. The van der Waals surface area contributed by atoms with Crippen molar-refractivity contribution in [2.45, 2.75) is 0 Å². The minimum absolute atomic E-state index is 0.741. The topological polar surface area (TPSA) is 31.0 Å². The molecule has 0 aliphatic rings. The third kappa shape index (κ3) is 0.719. The summed E-state index contributed by atoms with van der Waals surface area (Å²) in [4.78, 5) is 0. The van der Waals surface area contributed by atoms with Crippen LogP contribution in [0.25, 0.3) is 5.88 Å². The lowest BCUT2D eigenvalue weighted by atomic mass is 10.6. The zero-order valence-corrected chi connectivity index (χ0v) is 5.27. The second-order valence-corrected chi connectivity index (χ2v) is 1.94. The Hall–Kier alpha value is -1.51. The molecule has 0 unspecified atom stereocenters. The Balaban J connectivity index is 2.48. The molecule has 3 heteroatoms. The first-order chi connectivity index (χ1) is 4.97. The smallest absolute Gasteiger partial charge is 0.235 e. The lowest BCUT2D eigenvalue weighted by Crippen LogP contribution is -1.83. The third-order valence-corrected chi connectivity index (χ3v) is 1.28. The van der Waals surface area contributed by atoms with Crippen molar-refractivity contribution in [3.63, 3.8) is 0 Å². The molecule has 50 valence electrons. The first kappa shape index (κ1) is 5.29. The van der Waals surface area contributed by atoms with Crippen LogP contribution in [0.2, 0.25) is 0 Å². The Bertz CT molecular complexity index is 251. The minimum atomic E-state index is 0.741. The van der Waals surface area contributed by atoms with Crippen LogP contribution in [0.1, 0.15) is 0 Å². The molecule has 0 spiro atoms. The highest BCUT2D eigenvalue weighted by Crippen LogP contribution is 2.04. The molecule has 0 aliphatic carbocycles. The molecule has 2 heterocycles. The van der Waals surface area contributed by atoms with E-state index in [0.29, 0.717) is 0 Å². The summed E-state index contributed by atoms with van der Waals surface area (Å²) in [6, 6.07) is 5.67. The van der Waals surface area contributed by atoms with Gasteiger partial charge in [-0.15, -0.1) is 0 Å². The summed E-state index contributed by atoms with van der Waals surface area (Å²) >= 11 is 0. The van der Waals surface area contributed by atoms with Crippen molar-refractivity contribution in [3.8, 4) is 5.88 Å². The molecule has 0 N–H and O–H groups in total. The minimum Gasteiger partial charge on any atom is -0.338 e. The number of hydrogen-bond donors (Lipinski definition) is 0. The molecule has 0 atom stereocenters. The molecular weight excluding hydrogens is 128 g/mol. The molecule has 0 saturated heterocycles. The summed E-state index contributed by atoms with van der Waals surface area (Å²) in [6.45, 7) is 0. The molecule has 0 aromatic carbocycles. The predicted octanol–water partition coefficient (Wildman–Crippen LogP) is 1.47. The monoisotopic (exact) mass is 134 g/mol. The summed E-state index contributed by atoms with van der Waals surface area (Å²) in [6.07, 6.45) is 5.43. The van der Waals surface area contributed by atoms with Gasteiger partial charge in [-0.1, -0.05) is 5.16 Å². The first-order valence-electron chi connectivity index (χ1n) is 3.01. The van der Waals surface area contributed by atoms with Gasteiger partial charge in [-0.05, 0) is 12.1 Å². The summed E-state index contributed by atoms with van der Waals surface area (Å²) in [5.74, 6) is 0.741. The Morgan fingerprint density at radius 1 is 1.30 bits per heavy atom. The molecule has 0 bridgehead atoms. The van der Waals surface area contributed by atoms with Crippen molar-refractivity contribution in [3.05, 3.63) is 36.8 Å². The van der Waals surface area contributed by atoms with Crippen LogP contribution >= 0.6 is 0 Å². The summed E-state index contributed by atoms with van der Waals surface area (Å²) < 4.78 is 6.74. The Labute approximate surface area is 57.9 Å². The van der Waals surface area contributed by atoms with E-state index in [-0.39, 0.29) is 0 Å². The van der Waals surface area contributed by atoms with Crippen molar-refractivity contribution in [2.75, 3.05) is 0 Å². The summed E-state index contributed by atoms with van der Waals surface area (Å²) in [5, 5.41) is 3.58. The van der Waals surface area contributed by atoms with E-state index in [0.717, 1.165) is 5.88 Å². The molecule has 0 amide bonds. The molecule has 2 aromatic heterocycles. The number of hydrogen-bond acceptors (Lipinski definition) is 2. The van der Waals surface area contributed by atoms with Crippen LogP contribution in [-0.4, -0.2) is 9.72 Å². The summed E-state index contributed by atoms with van der Waals surface area (Å²) in [7, 11) is 0. The maximum Gasteiger partial charge on any atom is 0.235 e.